The number of nitrogens with zero attached hydrogens (tertiary/aromatic N) is 1. The van der Waals surface area contributed by atoms with Crippen LogP contribution in [0.5, 0.6) is 11.5 Å². The molecule has 4 nitrogen and oxygen atoms in total. The van der Waals surface area contributed by atoms with E-state index in [1.54, 1.807) is 18.2 Å². The van der Waals surface area contributed by atoms with E-state index in [1.165, 1.54) is 7.11 Å². The van der Waals surface area contributed by atoms with Crippen molar-refractivity contribution >= 4 is 17.2 Å². The van der Waals surface area contributed by atoms with Crippen molar-refractivity contribution in [1.82, 2.24) is 0 Å². The van der Waals surface area contributed by atoms with Gasteiger partial charge in [0.2, 0.25) is 0 Å². The van der Waals surface area contributed by atoms with E-state index in [-0.39, 0.29) is 11.5 Å². The van der Waals surface area contributed by atoms with Crippen LogP contribution in [0.4, 0.5) is 5.69 Å². The zero-order chi connectivity index (χ0) is 12.3. The molecule has 0 bridgehead atoms. The summed E-state index contributed by atoms with van der Waals surface area (Å²) in [5.41, 5.74) is 1.55. The van der Waals surface area contributed by atoms with E-state index < -0.39 is 0 Å². The van der Waals surface area contributed by atoms with Gasteiger partial charge in [0.15, 0.2) is 11.5 Å². The van der Waals surface area contributed by atoms with E-state index >= 15 is 0 Å². The standard InChI is InChI=1S/C13H15NO3/c1-17-13-6-5-10(8-12(13)16)14-9-3-2-4-11(15)7-9/h5-6,8,16H,2-4,7H2,1H3. The van der Waals surface area contributed by atoms with Crippen LogP contribution in [0.1, 0.15) is 25.7 Å². The number of ether oxygens (including phenoxy) is 1. The minimum absolute atomic E-state index is 0.0662. The molecule has 1 aromatic rings. The molecule has 4 heteroatoms. The first-order valence-corrected chi connectivity index (χ1v) is 5.64. The lowest BCUT2D eigenvalue weighted by atomic mass is 9.97. The quantitative estimate of drug-likeness (QED) is 0.854. The average molecular weight is 233 g/mol. The highest BCUT2D eigenvalue weighted by Gasteiger charge is 2.14. The van der Waals surface area contributed by atoms with Crippen LogP contribution in [0.15, 0.2) is 23.2 Å². The minimum atomic E-state index is 0.0662. The summed E-state index contributed by atoms with van der Waals surface area (Å²) < 4.78 is 4.95. The lowest BCUT2D eigenvalue weighted by Crippen LogP contribution is -2.13. The highest BCUT2D eigenvalue weighted by Crippen LogP contribution is 2.30. The van der Waals surface area contributed by atoms with Crippen LogP contribution in [0.3, 0.4) is 0 Å². The molecule has 1 fully saturated rings. The van der Waals surface area contributed by atoms with E-state index in [4.69, 9.17) is 4.74 Å². The highest BCUT2D eigenvalue weighted by atomic mass is 16.5. The van der Waals surface area contributed by atoms with Crippen LogP contribution in [-0.4, -0.2) is 23.7 Å². The van der Waals surface area contributed by atoms with Crippen molar-refractivity contribution in [2.75, 3.05) is 7.11 Å². The number of phenols is 1. The number of hydrogen-bond acceptors (Lipinski definition) is 4. The molecule has 0 atom stereocenters. The van der Waals surface area contributed by atoms with Gasteiger partial charge in [-0.2, -0.15) is 0 Å². The molecule has 0 heterocycles. The lowest BCUT2D eigenvalue weighted by molar-refractivity contribution is -0.118. The number of carbonyl (C=O) groups excluding carboxylic acids is 1. The summed E-state index contributed by atoms with van der Waals surface area (Å²) in [6.07, 6.45) is 2.83. The van der Waals surface area contributed by atoms with Crippen molar-refractivity contribution in [3.05, 3.63) is 18.2 Å². The number of rotatable bonds is 2. The maximum absolute atomic E-state index is 11.3. The van der Waals surface area contributed by atoms with E-state index in [1.807, 2.05) is 0 Å². The fourth-order valence-electron chi connectivity index (χ4n) is 1.92. The summed E-state index contributed by atoms with van der Waals surface area (Å²) in [5.74, 6) is 0.734. The fourth-order valence-corrected chi connectivity index (χ4v) is 1.92. The van der Waals surface area contributed by atoms with Crippen molar-refractivity contribution < 1.29 is 14.6 Å². The number of carbonyl (C=O) groups is 1. The normalized spacial score (nSPS) is 18.4. The SMILES string of the molecule is COc1ccc(N=C2CCCC(=O)C2)cc1O. The molecule has 0 saturated heterocycles. The smallest absolute Gasteiger partial charge is 0.160 e. The summed E-state index contributed by atoms with van der Waals surface area (Å²) in [5, 5.41) is 9.61. The van der Waals surface area contributed by atoms with Gasteiger partial charge in [0.1, 0.15) is 5.78 Å². The Hall–Kier alpha value is -1.84. The topological polar surface area (TPSA) is 58.9 Å². The summed E-state index contributed by atoms with van der Waals surface area (Å²) in [6, 6.07) is 4.98. The summed E-state index contributed by atoms with van der Waals surface area (Å²) >= 11 is 0. The Labute approximate surface area is 99.9 Å². The third kappa shape index (κ3) is 2.84. The molecule has 1 aromatic carbocycles. The van der Waals surface area contributed by atoms with E-state index in [2.05, 4.69) is 4.99 Å². The van der Waals surface area contributed by atoms with E-state index in [0.29, 0.717) is 24.3 Å². The molecule has 1 saturated carbocycles. The third-order valence-electron chi connectivity index (χ3n) is 2.77. The molecule has 1 aliphatic rings. The summed E-state index contributed by atoms with van der Waals surface area (Å²) in [4.78, 5) is 15.7. The number of hydrogen-bond donors (Lipinski definition) is 1. The van der Waals surface area contributed by atoms with Crippen molar-refractivity contribution in [1.29, 1.82) is 0 Å². The van der Waals surface area contributed by atoms with Gasteiger partial charge in [0, 0.05) is 24.6 Å². The van der Waals surface area contributed by atoms with E-state index in [9.17, 15) is 9.90 Å². The Balaban J connectivity index is 2.20. The second kappa shape index (κ2) is 4.99. The molecule has 17 heavy (non-hydrogen) atoms. The molecule has 90 valence electrons. The first kappa shape index (κ1) is 11.6. The van der Waals surface area contributed by atoms with Crippen LogP contribution in [-0.2, 0) is 4.79 Å². The first-order chi connectivity index (χ1) is 8.19. The first-order valence-electron chi connectivity index (χ1n) is 5.64. The fraction of sp³-hybridized carbons (Fsp3) is 0.385. The van der Waals surface area contributed by atoms with Crippen LogP contribution in [0, 0.1) is 0 Å². The van der Waals surface area contributed by atoms with Crippen molar-refractivity contribution in [3.63, 3.8) is 0 Å². The lowest BCUT2D eigenvalue weighted by Gasteiger charge is -2.11. The Kier molecular flexibility index (Phi) is 3.42. The van der Waals surface area contributed by atoms with Gasteiger partial charge in [-0.1, -0.05) is 0 Å². The van der Waals surface area contributed by atoms with Crippen molar-refractivity contribution in [3.8, 4) is 11.5 Å². The van der Waals surface area contributed by atoms with Gasteiger partial charge in [-0.25, -0.2) is 0 Å². The number of ketones is 1. The number of phenolic OH excluding ortho intramolecular Hbond substituents is 1. The minimum Gasteiger partial charge on any atom is -0.504 e. The molecule has 1 N–H and O–H groups in total. The maximum Gasteiger partial charge on any atom is 0.160 e. The number of methoxy groups -OCH3 is 1. The molecule has 0 unspecified atom stereocenters. The van der Waals surface area contributed by atoms with Crippen LogP contribution in [0.25, 0.3) is 0 Å². The third-order valence-corrected chi connectivity index (χ3v) is 2.77. The zero-order valence-electron chi connectivity index (χ0n) is 9.77. The number of benzene rings is 1. The maximum atomic E-state index is 11.3. The van der Waals surface area contributed by atoms with Crippen LogP contribution in [0.2, 0.25) is 0 Å². The Bertz CT molecular complexity index is 466. The zero-order valence-corrected chi connectivity index (χ0v) is 9.77. The second-order valence-electron chi connectivity index (χ2n) is 4.10. The molecule has 0 radical (unpaired) electrons. The number of Topliss-reactive ketones (excluding diaryl/α,β-unsaturated/α-hetero) is 1. The van der Waals surface area contributed by atoms with Crippen LogP contribution < -0.4 is 4.74 Å². The monoisotopic (exact) mass is 233 g/mol. The van der Waals surface area contributed by atoms with Crippen molar-refractivity contribution in [2.24, 2.45) is 4.99 Å². The average Bonchev–Trinajstić information content (AvgIpc) is 2.29. The van der Waals surface area contributed by atoms with Gasteiger partial charge in [0.25, 0.3) is 0 Å². The molecular formula is C13H15NO3. The van der Waals surface area contributed by atoms with Gasteiger partial charge in [0.05, 0.1) is 12.8 Å². The van der Waals surface area contributed by atoms with Gasteiger partial charge in [-0.3, -0.25) is 9.79 Å². The molecule has 2 rings (SSSR count). The molecule has 0 aromatic heterocycles. The number of aliphatic imine (C=N–C) groups is 1. The van der Waals surface area contributed by atoms with E-state index in [0.717, 1.165) is 18.6 Å². The predicted molar refractivity (Wildman–Crippen MR) is 65.2 cm³/mol. The van der Waals surface area contributed by atoms with Gasteiger partial charge >= 0.3 is 0 Å². The number of aromatic hydroxyl groups is 1. The molecule has 0 spiro atoms. The Morgan fingerprint density at radius 1 is 1.35 bits per heavy atom. The highest BCUT2D eigenvalue weighted by molar-refractivity contribution is 6.04. The second-order valence-corrected chi connectivity index (χ2v) is 4.10. The largest absolute Gasteiger partial charge is 0.504 e. The molecule has 1 aliphatic carbocycles. The Morgan fingerprint density at radius 2 is 2.18 bits per heavy atom. The van der Waals surface area contributed by atoms with Gasteiger partial charge in [-0.05, 0) is 25.0 Å². The predicted octanol–water partition coefficient (Wildman–Crippen LogP) is 2.62. The van der Waals surface area contributed by atoms with Crippen LogP contribution >= 0.6 is 0 Å². The van der Waals surface area contributed by atoms with Gasteiger partial charge in [-0.15, -0.1) is 0 Å². The van der Waals surface area contributed by atoms with Gasteiger partial charge < -0.3 is 9.84 Å². The molecule has 0 amide bonds. The summed E-state index contributed by atoms with van der Waals surface area (Å²) in [6.45, 7) is 0. The molecular weight excluding hydrogens is 218 g/mol. The summed E-state index contributed by atoms with van der Waals surface area (Å²) in [7, 11) is 1.50. The molecule has 0 aliphatic heterocycles. The Morgan fingerprint density at radius 3 is 2.82 bits per heavy atom. The van der Waals surface area contributed by atoms with Crippen molar-refractivity contribution in [2.45, 2.75) is 25.7 Å².